The Morgan fingerprint density at radius 2 is 2.14 bits per heavy atom. The average molecular weight is 320 g/mol. The number of aromatic nitrogens is 1. The molecule has 2 fully saturated rings. The Labute approximate surface area is 133 Å². The van der Waals surface area contributed by atoms with Gasteiger partial charge >= 0.3 is 6.03 Å². The number of carbonyl (C=O) groups excluding carboxylic acids is 2. The summed E-state index contributed by atoms with van der Waals surface area (Å²) in [5, 5.41) is 9.26. The number of hydrogen-bond acceptors (Lipinski definition) is 4. The molecule has 7 heteroatoms. The molecule has 3 amide bonds. The summed E-state index contributed by atoms with van der Waals surface area (Å²) in [7, 11) is 0. The monoisotopic (exact) mass is 320 g/mol. The highest BCUT2D eigenvalue weighted by Gasteiger charge is 2.42. The van der Waals surface area contributed by atoms with Gasteiger partial charge in [0.2, 0.25) is 5.91 Å². The van der Waals surface area contributed by atoms with E-state index in [-0.39, 0.29) is 24.0 Å². The van der Waals surface area contributed by atoms with E-state index in [2.05, 4.69) is 20.9 Å². The minimum atomic E-state index is -0.0444. The molecule has 118 valence electrons. The van der Waals surface area contributed by atoms with Gasteiger partial charge < -0.3 is 16.0 Å². The molecular formula is C15H20N4O2S. The molecule has 3 rings (SSSR count). The molecule has 3 atom stereocenters. The van der Waals surface area contributed by atoms with Crippen LogP contribution in [-0.2, 0) is 4.79 Å². The van der Waals surface area contributed by atoms with Crippen molar-refractivity contribution < 1.29 is 9.59 Å². The standard InChI is InChI=1S/C15H20N4O2S/c20-13(17-10-5-7-16-8-6-10)4-2-1-3-12-14-11(9-22-12)18-15(21)19-14/h5-8,11-12,14H,1-4,9H2,(H,16,17,20)(H2,18,19,21). The Hall–Kier alpha value is -1.76. The lowest BCUT2D eigenvalue weighted by Gasteiger charge is -2.16. The zero-order valence-electron chi connectivity index (χ0n) is 12.2. The molecule has 1 aromatic heterocycles. The molecule has 0 saturated carbocycles. The number of amides is 3. The molecule has 0 spiro atoms. The number of nitrogens with one attached hydrogen (secondary N) is 3. The lowest BCUT2D eigenvalue weighted by molar-refractivity contribution is -0.116. The van der Waals surface area contributed by atoms with E-state index in [1.165, 1.54) is 0 Å². The van der Waals surface area contributed by atoms with Gasteiger partial charge in [0, 0.05) is 35.5 Å². The molecule has 2 aliphatic heterocycles. The van der Waals surface area contributed by atoms with Gasteiger partial charge in [-0.05, 0) is 25.0 Å². The maximum atomic E-state index is 11.8. The number of carbonyl (C=O) groups is 2. The largest absolute Gasteiger partial charge is 0.332 e. The van der Waals surface area contributed by atoms with Crippen molar-refractivity contribution in [3.05, 3.63) is 24.5 Å². The van der Waals surface area contributed by atoms with Gasteiger partial charge in [-0.3, -0.25) is 9.78 Å². The van der Waals surface area contributed by atoms with Crippen LogP contribution in [0.3, 0.4) is 0 Å². The molecule has 0 bridgehead atoms. The van der Waals surface area contributed by atoms with Crippen LogP contribution < -0.4 is 16.0 Å². The molecule has 2 saturated heterocycles. The fourth-order valence-corrected chi connectivity index (χ4v) is 4.48. The molecule has 1 aromatic rings. The first-order chi connectivity index (χ1) is 10.7. The lowest BCUT2D eigenvalue weighted by Crippen LogP contribution is -2.36. The topological polar surface area (TPSA) is 83.1 Å². The van der Waals surface area contributed by atoms with Crippen LogP contribution >= 0.6 is 11.8 Å². The fraction of sp³-hybridized carbons (Fsp3) is 0.533. The summed E-state index contributed by atoms with van der Waals surface area (Å²) in [5.41, 5.74) is 0.786. The number of rotatable bonds is 6. The third-order valence-electron chi connectivity index (χ3n) is 4.04. The molecule has 2 aliphatic rings. The number of hydrogen-bond donors (Lipinski definition) is 3. The Balaban J connectivity index is 1.34. The molecule has 3 N–H and O–H groups in total. The van der Waals surface area contributed by atoms with E-state index in [1.54, 1.807) is 24.5 Å². The van der Waals surface area contributed by atoms with Crippen molar-refractivity contribution in [3.8, 4) is 0 Å². The van der Waals surface area contributed by atoms with Gasteiger partial charge in [-0.2, -0.15) is 11.8 Å². The van der Waals surface area contributed by atoms with E-state index >= 15 is 0 Å². The minimum Gasteiger partial charge on any atom is -0.332 e. The summed E-state index contributed by atoms with van der Waals surface area (Å²) in [6.45, 7) is 0. The molecule has 3 unspecified atom stereocenters. The van der Waals surface area contributed by atoms with Crippen LogP contribution in [0.25, 0.3) is 0 Å². The molecule has 0 aliphatic carbocycles. The number of anilines is 1. The maximum absolute atomic E-state index is 11.8. The second-order valence-electron chi connectivity index (χ2n) is 5.65. The van der Waals surface area contributed by atoms with Crippen LogP contribution in [0.4, 0.5) is 10.5 Å². The Kier molecular flexibility index (Phi) is 4.82. The second-order valence-corrected chi connectivity index (χ2v) is 6.92. The number of nitrogens with zero attached hydrogens (tertiary/aromatic N) is 1. The Morgan fingerprint density at radius 3 is 2.95 bits per heavy atom. The molecule has 0 radical (unpaired) electrons. The van der Waals surface area contributed by atoms with Crippen molar-refractivity contribution in [1.29, 1.82) is 0 Å². The first-order valence-electron chi connectivity index (χ1n) is 7.61. The van der Waals surface area contributed by atoms with Crippen molar-refractivity contribution >= 4 is 29.4 Å². The highest BCUT2D eigenvalue weighted by molar-refractivity contribution is 8.00. The minimum absolute atomic E-state index is 0.0407. The lowest BCUT2D eigenvalue weighted by atomic mass is 10.0. The van der Waals surface area contributed by atoms with Gasteiger partial charge in [-0.15, -0.1) is 0 Å². The summed E-state index contributed by atoms with van der Waals surface area (Å²) in [6.07, 6.45) is 6.75. The summed E-state index contributed by atoms with van der Waals surface area (Å²) in [4.78, 5) is 27.1. The Bertz CT molecular complexity index is 540. The predicted octanol–water partition coefficient (Wildman–Crippen LogP) is 1.75. The van der Waals surface area contributed by atoms with Crippen molar-refractivity contribution in [2.75, 3.05) is 11.1 Å². The van der Waals surface area contributed by atoms with E-state index in [9.17, 15) is 9.59 Å². The average Bonchev–Trinajstić information content (AvgIpc) is 3.04. The van der Waals surface area contributed by atoms with E-state index in [1.807, 2.05) is 11.8 Å². The fourth-order valence-electron chi connectivity index (χ4n) is 2.93. The van der Waals surface area contributed by atoms with Gasteiger partial charge in [-0.25, -0.2) is 4.79 Å². The van der Waals surface area contributed by atoms with Crippen LogP contribution in [0.2, 0.25) is 0 Å². The van der Waals surface area contributed by atoms with Gasteiger partial charge in [0.05, 0.1) is 12.1 Å². The molecular weight excluding hydrogens is 300 g/mol. The van der Waals surface area contributed by atoms with Crippen LogP contribution in [0.5, 0.6) is 0 Å². The summed E-state index contributed by atoms with van der Waals surface area (Å²) >= 11 is 1.91. The second kappa shape index (κ2) is 7.00. The number of pyridine rings is 1. The SMILES string of the molecule is O=C(CCCCC1SCC2NC(=O)NC21)Nc1ccncc1. The van der Waals surface area contributed by atoms with E-state index in [4.69, 9.17) is 0 Å². The highest BCUT2D eigenvalue weighted by Crippen LogP contribution is 2.33. The van der Waals surface area contributed by atoms with Crippen molar-refractivity contribution in [3.63, 3.8) is 0 Å². The van der Waals surface area contributed by atoms with Crippen molar-refractivity contribution in [1.82, 2.24) is 15.6 Å². The summed E-state index contributed by atoms with van der Waals surface area (Å²) in [6, 6.07) is 4.05. The van der Waals surface area contributed by atoms with E-state index < -0.39 is 0 Å². The van der Waals surface area contributed by atoms with Gasteiger partial charge in [-0.1, -0.05) is 6.42 Å². The number of unbranched alkanes of at least 4 members (excludes halogenated alkanes) is 1. The van der Waals surface area contributed by atoms with Gasteiger partial charge in [0.1, 0.15) is 0 Å². The smallest absolute Gasteiger partial charge is 0.315 e. The van der Waals surface area contributed by atoms with Gasteiger partial charge in [0.15, 0.2) is 0 Å². The first-order valence-corrected chi connectivity index (χ1v) is 8.66. The molecule has 0 aromatic carbocycles. The normalized spacial score (nSPS) is 26.2. The predicted molar refractivity (Wildman–Crippen MR) is 86.8 cm³/mol. The highest BCUT2D eigenvalue weighted by atomic mass is 32.2. The molecule has 3 heterocycles. The summed E-state index contributed by atoms with van der Waals surface area (Å²) < 4.78 is 0. The van der Waals surface area contributed by atoms with Crippen LogP contribution in [0.15, 0.2) is 24.5 Å². The number of urea groups is 1. The number of thioether (sulfide) groups is 1. The molecule has 6 nitrogen and oxygen atoms in total. The molecule has 22 heavy (non-hydrogen) atoms. The maximum Gasteiger partial charge on any atom is 0.315 e. The third-order valence-corrected chi connectivity index (χ3v) is 5.55. The van der Waals surface area contributed by atoms with E-state index in [0.29, 0.717) is 11.7 Å². The quantitative estimate of drug-likeness (QED) is 0.551. The summed E-state index contributed by atoms with van der Waals surface area (Å²) in [5.74, 6) is 1.02. The van der Waals surface area contributed by atoms with Gasteiger partial charge in [0.25, 0.3) is 0 Å². The number of fused-ring (bicyclic) bond motifs is 1. The Morgan fingerprint density at radius 1 is 1.32 bits per heavy atom. The third kappa shape index (κ3) is 3.71. The van der Waals surface area contributed by atoms with Crippen LogP contribution in [-0.4, -0.2) is 40.0 Å². The van der Waals surface area contributed by atoms with Crippen molar-refractivity contribution in [2.45, 2.75) is 43.0 Å². The van der Waals surface area contributed by atoms with Crippen molar-refractivity contribution in [2.24, 2.45) is 0 Å². The first kappa shape index (κ1) is 15.1. The van der Waals surface area contributed by atoms with E-state index in [0.717, 1.165) is 30.7 Å². The zero-order valence-corrected chi connectivity index (χ0v) is 13.1. The van der Waals surface area contributed by atoms with Crippen LogP contribution in [0.1, 0.15) is 25.7 Å². The zero-order chi connectivity index (χ0) is 15.4. The van der Waals surface area contributed by atoms with Crippen LogP contribution in [0, 0.1) is 0 Å².